The monoisotopic (exact) mass is 285 g/mol. The highest BCUT2D eigenvalue weighted by Crippen LogP contribution is 2.15. The first-order chi connectivity index (χ1) is 10.1. The predicted octanol–water partition coefficient (Wildman–Crippen LogP) is 1.75. The highest BCUT2D eigenvalue weighted by molar-refractivity contribution is 6.04. The number of anilines is 1. The Morgan fingerprint density at radius 3 is 2.71 bits per heavy atom. The Morgan fingerprint density at radius 1 is 1.19 bits per heavy atom. The van der Waals surface area contributed by atoms with Gasteiger partial charge in [-0.1, -0.05) is 25.1 Å². The number of para-hydroxylation sites is 1. The Kier molecular flexibility index (Phi) is 4.90. The van der Waals surface area contributed by atoms with Crippen molar-refractivity contribution in [2.24, 2.45) is 7.05 Å². The molecule has 1 aromatic carbocycles. The van der Waals surface area contributed by atoms with Crippen LogP contribution in [0.15, 0.2) is 47.4 Å². The Balaban J connectivity index is 2.24. The maximum Gasteiger partial charge on any atom is 0.263 e. The van der Waals surface area contributed by atoms with Crippen LogP contribution in [0.25, 0.3) is 0 Å². The van der Waals surface area contributed by atoms with Gasteiger partial charge in [0.15, 0.2) is 0 Å². The first-order valence-electron chi connectivity index (χ1n) is 6.89. The topological polar surface area (TPSA) is 63.1 Å². The number of hydrogen-bond donors (Lipinski definition) is 2. The van der Waals surface area contributed by atoms with E-state index in [1.54, 1.807) is 19.3 Å². The molecule has 1 amide bonds. The van der Waals surface area contributed by atoms with Gasteiger partial charge in [0.1, 0.15) is 5.56 Å². The van der Waals surface area contributed by atoms with Gasteiger partial charge in [0.05, 0.1) is 0 Å². The van der Waals surface area contributed by atoms with Crippen LogP contribution in [0.1, 0.15) is 22.8 Å². The van der Waals surface area contributed by atoms with Crippen LogP contribution in [-0.2, 0) is 13.6 Å². The molecule has 0 unspecified atom stereocenters. The van der Waals surface area contributed by atoms with E-state index in [1.165, 1.54) is 10.6 Å². The molecule has 1 heterocycles. The van der Waals surface area contributed by atoms with Crippen molar-refractivity contribution in [3.63, 3.8) is 0 Å². The summed E-state index contributed by atoms with van der Waals surface area (Å²) in [5.41, 5.74) is 1.53. The lowest BCUT2D eigenvalue weighted by Crippen LogP contribution is -2.27. The summed E-state index contributed by atoms with van der Waals surface area (Å²) in [5, 5.41) is 6.03. The molecule has 0 saturated heterocycles. The van der Waals surface area contributed by atoms with Gasteiger partial charge in [0.25, 0.3) is 11.5 Å². The molecule has 0 aliphatic carbocycles. The molecule has 0 aliphatic heterocycles. The summed E-state index contributed by atoms with van der Waals surface area (Å²) in [6.07, 6.45) is 1.62. The standard InChI is InChI=1S/C16H19N3O2/c1-3-17-11-12-7-4-5-9-14(12)18-15(20)13-8-6-10-19(2)16(13)21/h4-10,17H,3,11H2,1-2H3,(H,18,20). The van der Waals surface area contributed by atoms with Gasteiger partial charge in [0, 0.05) is 25.5 Å². The molecule has 0 radical (unpaired) electrons. The average Bonchev–Trinajstić information content (AvgIpc) is 2.49. The number of nitrogens with one attached hydrogen (secondary N) is 2. The number of hydrogen-bond acceptors (Lipinski definition) is 3. The number of pyridine rings is 1. The van der Waals surface area contributed by atoms with Gasteiger partial charge in [-0.2, -0.15) is 0 Å². The third-order valence-electron chi connectivity index (χ3n) is 3.20. The molecule has 0 fully saturated rings. The second-order valence-electron chi connectivity index (χ2n) is 4.73. The molecule has 0 spiro atoms. The van der Waals surface area contributed by atoms with Crippen molar-refractivity contribution in [2.75, 3.05) is 11.9 Å². The lowest BCUT2D eigenvalue weighted by Gasteiger charge is -2.11. The Bertz CT molecular complexity index is 692. The second kappa shape index (κ2) is 6.85. The van der Waals surface area contributed by atoms with E-state index < -0.39 is 0 Å². The number of nitrogens with zero attached hydrogens (tertiary/aromatic N) is 1. The van der Waals surface area contributed by atoms with Gasteiger partial charge in [-0.05, 0) is 30.3 Å². The lowest BCUT2D eigenvalue weighted by atomic mass is 10.1. The fraction of sp³-hybridized carbons (Fsp3) is 0.250. The molecule has 2 aromatic rings. The molecule has 0 saturated carbocycles. The minimum Gasteiger partial charge on any atom is -0.322 e. The molecular formula is C16H19N3O2. The third kappa shape index (κ3) is 3.58. The van der Waals surface area contributed by atoms with Gasteiger partial charge < -0.3 is 15.2 Å². The molecule has 5 nitrogen and oxygen atoms in total. The van der Waals surface area contributed by atoms with E-state index in [0.717, 1.165) is 12.1 Å². The number of aryl methyl sites for hydroxylation is 1. The van der Waals surface area contributed by atoms with Gasteiger partial charge in [-0.25, -0.2) is 0 Å². The zero-order chi connectivity index (χ0) is 15.2. The number of amides is 1. The van der Waals surface area contributed by atoms with Crippen LogP contribution in [0.3, 0.4) is 0 Å². The lowest BCUT2D eigenvalue weighted by molar-refractivity contribution is 0.102. The summed E-state index contributed by atoms with van der Waals surface area (Å²) < 4.78 is 1.39. The van der Waals surface area contributed by atoms with Crippen molar-refractivity contribution in [1.29, 1.82) is 0 Å². The number of benzene rings is 1. The van der Waals surface area contributed by atoms with Crippen LogP contribution in [0.5, 0.6) is 0 Å². The van der Waals surface area contributed by atoms with E-state index in [1.807, 2.05) is 31.2 Å². The molecule has 2 N–H and O–H groups in total. The molecule has 0 bridgehead atoms. The minimum absolute atomic E-state index is 0.137. The van der Waals surface area contributed by atoms with Gasteiger partial charge in [-0.3, -0.25) is 9.59 Å². The Hall–Kier alpha value is -2.40. The molecule has 2 rings (SSSR count). The number of rotatable bonds is 5. The normalized spacial score (nSPS) is 10.4. The minimum atomic E-state index is -0.389. The van der Waals surface area contributed by atoms with Crippen LogP contribution < -0.4 is 16.2 Å². The SMILES string of the molecule is CCNCc1ccccc1NC(=O)c1cccn(C)c1=O. The molecule has 0 aliphatic rings. The average molecular weight is 285 g/mol. The fourth-order valence-electron chi connectivity index (χ4n) is 2.02. The van der Waals surface area contributed by atoms with Crippen molar-refractivity contribution < 1.29 is 4.79 Å². The molecule has 21 heavy (non-hydrogen) atoms. The van der Waals surface area contributed by atoms with Crippen molar-refractivity contribution in [1.82, 2.24) is 9.88 Å². The predicted molar refractivity (Wildman–Crippen MR) is 83.5 cm³/mol. The Morgan fingerprint density at radius 2 is 1.95 bits per heavy atom. The van der Waals surface area contributed by atoms with E-state index in [2.05, 4.69) is 10.6 Å². The molecular weight excluding hydrogens is 266 g/mol. The van der Waals surface area contributed by atoms with E-state index in [0.29, 0.717) is 12.2 Å². The van der Waals surface area contributed by atoms with Crippen LogP contribution in [0, 0.1) is 0 Å². The molecule has 0 atom stereocenters. The summed E-state index contributed by atoms with van der Waals surface area (Å²) in [6, 6.07) is 10.8. The summed E-state index contributed by atoms with van der Waals surface area (Å²) in [4.78, 5) is 24.2. The summed E-state index contributed by atoms with van der Waals surface area (Å²) >= 11 is 0. The number of aromatic nitrogens is 1. The van der Waals surface area contributed by atoms with Crippen molar-refractivity contribution >= 4 is 11.6 Å². The van der Waals surface area contributed by atoms with E-state index in [4.69, 9.17) is 0 Å². The van der Waals surface area contributed by atoms with Crippen LogP contribution in [-0.4, -0.2) is 17.0 Å². The summed E-state index contributed by atoms with van der Waals surface area (Å²) in [7, 11) is 1.62. The Labute approximate surface area is 123 Å². The highest BCUT2D eigenvalue weighted by atomic mass is 16.2. The van der Waals surface area contributed by atoms with E-state index in [9.17, 15) is 9.59 Å². The van der Waals surface area contributed by atoms with Crippen LogP contribution in [0.2, 0.25) is 0 Å². The fourth-order valence-corrected chi connectivity index (χ4v) is 2.02. The van der Waals surface area contributed by atoms with E-state index >= 15 is 0 Å². The van der Waals surface area contributed by atoms with Crippen molar-refractivity contribution in [3.8, 4) is 0 Å². The van der Waals surface area contributed by atoms with Gasteiger partial charge >= 0.3 is 0 Å². The third-order valence-corrected chi connectivity index (χ3v) is 3.20. The second-order valence-corrected chi connectivity index (χ2v) is 4.73. The van der Waals surface area contributed by atoms with Crippen molar-refractivity contribution in [3.05, 3.63) is 64.1 Å². The molecule has 110 valence electrons. The number of carbonyl (C=O) groups is 1. The molecule has 5 heteroatoms. The zero-order valence-corrected chi connectivity index (χ0v) is 12.2. The van der Waals surface area contributed by atoms with Gasteiger partial charge in [0.2, 0.25) is 0 Å². The smallest absolute Gasteiger partial charge is 0.263 e. The van der Waals surface area contributed by atoms with Crippen LogP contribution in [0.4, 0.5) is 5.69 Å². The highest BCUT2D eigenvalue weighted by Gasteiger charge is 2.12. The largest absolute Gasteiger partial charge is 0.322 e. The van der Waals surface area contributed by atoms with E-state index in [-0.39, 0.29) is 17.0 Å². The summed E-state index contributed by atoms with van der Waals surface area (Å²) in [5.74, 6) is -0.389. The first-order valence-corrected chi connectivity index (χ1v) is 6.89. The van der Waals surface area contributed by atoms with Gasteiger partial charge in [-0.15, -0.1) is 0 Å². The number of carbonyl (C=O) groups excluding carboxylic acids is 1. The zero-order valence-electron chi connectivity index (χ0n) is 12.2. The maximum absolute atomic E-state index is 12.3. The van der Waals surface area contributed by atoms with Crippen molar-refractivity contribution in [2.45, 2.75) is 13.5 Å². The van der Waals surface area contributed by atoms with Crippen LogP contribution >= 0.6 is 0 Å². The molecule has 1 aromatic heterocycles. The maximum atomic E-state index is 12.3. The summed E-state index contributed by atoms with van der Waals surface area (Å²) in [6.45, 7) is 3.54. The quantitative estimate of drug-likeness (QED) is 0.879. The first kappa shape index (κ1) is 15.0.